The van der Waals surface area contributed by atoms with Gasteiger partial charge in [-0.3, -0.25) is 10.2 Å². The molecule has 2 rings (SSSR count). The van der Waals surface area contributed by atoms with E-state index in [1.54, 1.807) is 6.07 Å². The normalized spacial score (nSPS) is 19.1. The van der Waals surface area contributed by atoms with E-state index in [0.717, 1.165) is 0 Å². The number of carbonyl (C=O) groups is 1. The quantitative estimate of drug-likeness (QED) is 0.836. The summed E-state index contributed by atoms with van der Waals surface area (Å²) in [6.45, 7) is 0. The van der Waals surface area contributed by atoms with Crippen LogP contribution < -0.4 is 10.4 Å². The van der Waals surface area contributed by atoms with Gasteiger partial charge in [-0.2, -0.15) is 0 Å². The van der Waals surface area contributed by atoms with E-state index in [4.69, 9.17) is 0 Å². The van der Waals surface area contributed by atoms with Crippen molar-refractivity contribution in [3.63, 3.8) is 0 Å². The molecule has 1 aromatic rings. The van der Waals surface area contributed by atoms with Crippen molar-refractivity contribution in [2.45, 2.75) is 6.17 Å². The Morgan fingerprint density at radius 3 is 3.07 bits per heavy atom. The van der Waals surface area contributed by atoms with Crippen molar-refractivity contribution in [3.05, 3.63) is 28.5 Å². The van der Waals surface area contributed by atoms with Gasteiger partial charge in [-0.05, 0) is 23.4 Å². The summed E-state index contributed by atoms with van der Waals surface area (Å²) in [4.78, 5) is 10.6. The zero-order chi connectivity index (χ0) is 10.8. The molecular formula is C8H6BrFN4O. The van der Waals surface area contributed by atoms with Crippen molar-refractivity contribution in [3.8, 4) is 0 Å². The second-order valence-electron chi connectivity index (χ2n) is 2.84. The summed E-state index contributed by atoms with van der Waals surface area (Å²) in [6, 6.07) is 4.47. The first kappa shape index (κ1) is 10.0. The van der Waals surface area contributed by atoms with Crippen LogP contribution in [-0.2, 0) is 4.79 Å². The lowest BCUT2D eigenvalue weighted by molar-refractivity contribution is -0.109. The summed E-state index contributed by atoms with van der Waals surface area (Å²) in [6.07, 6.45) is -0.151. The van der Waals surface area contributed by atoms with Crippen LogP contribution in [-0.4, -0.2) is 12.5 Å². The van der Waals surface area contributed by atoms with Gasteiger partial charge in [0.15, 0.2) is 12.5 Å². The van der Waals surface area contributed by atoms with Crippen LogP contribution in [0, 0.1) is 5.82 Å². The Labute approximate surface area is 93.0 Å². The number of anilines is 1. The molecular weight excluding hydrogens is 267 g/mol. The molecule has 5 nitrogen and oxygen atoms in total. The van der Waals surface area contributed by atoms with Gasteiger partial charge in [0, 0.05) is 4.47 Å². The minimum Gasteiger partial charge on any atom is -0.299 e. The van der Waals surface area contributed by atoms with Crippen molar-refractivity contribution in [2.75, 3.05) is 5.01 Å². The average molecular weight is 273 g/mol. The highest BCUT2D eigenvalue weighted by Gasteiger charge is 2.24. The topological polar surface area (TPSA) is 57.1 Å². The molecule has 15 heavy (non-hydrogen) atoms. The third-order valence-electron chi connectivity index (χ3n) is 1.88. The summed E-state index contributed by atoms with van der Waals surface area (Å²) in [7, 11) is 0. The number of rotatable bonds is 2. The van der Waals surface area contributed by atoms with E-state index in [0.29, 0.717) is 10.8 Å². The van der Waals surface area contributed by atoms with Gasteiger partial charge in [-0.15, -0.1) is 0 Å². The van der Waals surface area contributed by atoms with Crippen molar-refractivity contribution in [1.29, 1.82) is 0 Å². The highest BCUT2D eigenvalue weighted by Crippen LogP contribution is 2.25. The summed E-state index contributed by atoms with van der Waals surface area (Å²) in [5.74, 6) is -0.473. The molecule has 1 aromatic carbocycles. The molecule has 0 bridgehead atoms. The maximum absolute atomic E-state index is 13.5. The molecule has 7 heteroatoms. The molecule has 0 radical (unpaired) electrons. The lowest BCUT2D eigenvalue weighted by atomic mass is 10.3. The Morgan fingerprint density at radius 1 is 1.60 bits per heavy atom. The molecule has 1 heterocycles. The lowest BCUT2D eigenvalue weighted by Crippen LogP contribution is -2.36. The van der Waals surface area contributed by atoms with Gasteiger partial charge in [-0.1, -0.05) is 21.2 Å². The number of benzene rings is 1. The van der Waals surface area contributed by atoms with Gasteiger partial charge in [0.25, 0.3) is 0 Å². The Hall–Kier alpha value is -1.50. The Kier molecular flexibility index (Phi) is 2.63. The standard InChI is InChI=1S/C8H6BrFN4O/c9-5-1-2-7(6(10)3-5)14-8(4-15)11-12-13-14/h1-4,8H,(H,11,13). The molecule has 1 unspecified atom stereocenters. The zero-order valence-electron chi connectivity index (χ0n) is 7.39. The van der Waals surface area contributed by atoms with Crippen LogP contribution in [0.15, 0.2) is 33.1 Å². The number of carbonyl (C=O) groups excluding carboxylic acids is 1. The van der Waals surface area contributed by atoms with Crippen LogP contribution in [0.1, 0.15) is 0 Å². The van der Waals surface area contributed by atoms with E-state index in [1.807, 2.05) is 0 Å². The number of nitrogens with one attached hydrogen (secondary N) is 1. The molecule has 1 aliphatic heterocycles. The number of hydrogen-bond donors (Lipinski definition) is 1. The molecule has 1 atom stereocenters. The molecule has 0 spiro atoms. The first-order valence-electron chi connectivity index (χ1n) is 4.08. The average Bonchev–Trinajstić information content (AvgIpc) is 2.65. The predicted octanol–water partition coefficient (Wildman–Crippen LogP) is 1.80. The van der Waals surface area contributed by atoms with Gasteiger partial charge in [0.1, 0.15) is 5.82 Å². The molecule has 0 saturated heterocycles. The predicted molar refractivity (Wildman–Crippen MR) is 54.4 cm³/mol. The van der Waals surface area contributed by atoms with Crippen LogP contribution in [0.25, 0.3) is 0 Å². The monoisotopic (exact) mass is 272 g/mol. The molecule has 0 aliphatic carbocycles. The number of halogens is 2. The molecule has 0 fully saturated rings. The molecule has 1 N–H and O–H groups in total. The molecule has 0 aromatic heterocycles. The SMILES string of the molecule is O=CC1NN=NN1c1ccc(Br)cc1F. The fraction of sp³-hybridized carbons (Fsp3) is 0.125. The number of hydrogen-bond acceptors (Lipinski definition) is 5. The minimum absolute atomic E-state index is 0.198. The second kappa shape index (κ2) is 3.93. The minimum atomic E-state index is -0.749. The highest BCUT2D eigenvalue weighted by molar-refractivity contribution is 9.10. The molecule has 78 valence electrons. The van der Waals surface area contributed by atoms with Crippen LogP contribution in [0.3, 0.4) is 0 Å². The van der Waals surface area contributed by atoms with Crippen molar-refractivity contribution in [2.24, 2.45) is 10.4 Å². The van der Waals surface area contributed by atoms with Crippen LogP contribution in [0.2, 0.25) is 0 Å². The van der Waals surface area contributed by atoms with Gasteiger partial charge >= 0.3 is 0 Å². The van der Waals surface area contributed by atoms with Gasteiger partial charge in [0.2, 0.25) is 0 Å². The molecule has 0 saturated carbocycles. The van der Waals surface area contributed by atoms with Crippen LogP contribution in [0.4, 0.5) is 10.1 Å². The first-order chi connectivity index (χ1) is 7.22. The summed E-state index contributed by atoms with van der Waals surface area (Å²) < 4.78 is 14.1. The second-order valence-corrected chi connectivity index (χ2v) is 3.76. The number of aldehydes is 1. The van der Waals surface area contributed by atoms with E-state index < -0.39 is 12.0 Å². The van der Waals surface area contributed by atoms with E-state index >= 15 is 0 Å². The van der Waals surface area contributed by atoms with Crippen molar-refractivity contribution >= 4 is 27.9 Å². The molecule has 0 amide bonds. The van der Waals surface area contributed by atoms with Gasteiger partial charge in [0.05, 0.1) is 5.69 Å². The van der Waals surface area contributed by atoms with Gasteiger partial charge in [-0.25, -0.2) is 9.40 Å². The summed E-state index contributed by atoms with van der Waals surface area (Å²) in [5, 5.41) is 8.23. The van der Waals surface area contributed by atoms with E-state index in [9.17, 15) is 9.18 Å². The first-order valence-corrected chi connectivity index (χ1v) is 4.87. The Balaban J connectivity index is 2.36. The maximum atomic E-state index is 13.5. The Bertz CT molecular complexity index is 425. The highest BCUT2D eigenvalue weighted by atomic mass is 79.9. The zero-order valence-corrected chi connectivity index (χ0v) is 8.98. The summed E-state index contributed by atoms with van der Waals surface area (Å²) in [5.41, 5.74) is 2.63. The smallest absolute Gasteiger partial charge is 0.195 e. The van der Waals surface area contributed by atoms with Gasteiger partial charge < -0.3 is 0 Å². The van der Waals surface area contributed by atoms with Crippen LogP contribution in [0.5, 0.6) is 0 Å². The fourth-order valence-electron chi connectivity index (χ4n) is 1.20. The van der Waals surface area contributed by atoms with E-state index in [-0.39, 0.29) is 5.69 Å². The number of nitrogens with zero attached hydrogens (tertiary/aromatic N) is 3. The third kappa shape index (κ3) is 1.82. The van der Waals surface area contributed by atoms with Crippen molar-refractivity contribution < 1.29 is 9.18 Å². The van der Waals surface area contributed by atoms with Crippen molar-refractivity contribution in [1.82, 2.24) is 5.43 Å². The lowest BCUT2D eigenvalue weighted by Gasteiger charge is -2.16. The summed E-state index contributed by atoms with van der Waals surface area (Å²) >= 11 is 3.14. The third-order valence-corrected chi connectivity index (χ3v) is 2.37. The van der Waals surface area contributed by atoms with Crippen LogP contribution >= 0.6 is 15.9 Å². The maximum Gasteiger partial charge on any atom is 0.195 e. The largest absolute Gasteiger partial charge is 0.299 e. The van der Waals surface area contributed by atoms with E-state index in [1.165, 1.54) is 17.1 Å². The van der Waals surface area contributed by atoms with E-state index in [2.05, 4.69) is 31.8 Å². The Morgan fingerprint density at radius 2 is 2.40 bits per heavy atom. The fourth-order valence-corrected chi connectivity index (χ4v) is 1.53. The molecule has 1 aliphatic rings.